The summed E-state index contributed by atoms with van der Waals surface area (Å²) in [5, 5.41) is 3.26. The molecule has 1 saturated heterocycles. The van der Waals surface area contributed by atoms with Crippen molar-refractivity contribution in [1.29, 1.82) is 0 Å². The van der Waals surface area contributed by atoms with E-state index in [2.05, 4.69) is 34.0 Å². The Bertz CT molecular complexity index is 386. The normalized spacial score (nSPS) is 19.5. The highest BCUT2D eigenvalue weighted by molar-refractivity contribution is 5.49. The third kappa shape index (κ3) is 3.80. The van der Waals surface area contributed by atoms with Gasteiger partial charge in [0.05, 0.1) is 0 Å². The van der Waals surface area contributed by atoms with E-state index < -0.39 is 0 Å². The molecule has 1 aromatic heterocycles. The van der Waals surface area contributed by atoms with E-state index in [4.69, 9.17) is 4.74 Å². The van der Waals surface area contributed by atoms with Gasteiger partial charge in [-0.25, -0.2) is 9.97 Å². The number of nitrogens with one attached hydrogen (secondary N) is 1. The minimum absolute atomic E-state index is 0.454. The lowest BCUT2D eigenvalue weighted by Crippen LogP contribution is -2.35. The predicted molar refractivity (Wildman–Crippen MR) is 77.5 cm³/mol. The number of methoxy groups -OCH3 is 1. The van der Waals surface area contributed by atoms with Crippen LogP contribution in [0.4, 0.5) is 11.6 Å². The zero-order valence-corrected chi connectivity index (χ0v) is 12.1. The lowest BCUT2D eigenvalue weighted by atomic mass is 10.0. The maximum atomic E-state index is 5.15. The fourth-order valence-corrected chi connectivity index (χ4v) is 2.51. The predicted octanol–water partition coefficient (Wildman–Crippen LogP) is 2.29. The first kappa shape index (κ1) is 14.1. The lowest BCUT2D eigenvalue weighted by molar-refractivity contribution is 0.178. The van der Waals surface area contributed by atoms with Gasteiger partial charge in [-0.2, -0.15) is 0 Å². The zero-order chi connectivity index (χ0) is 13.7. The first-order valence-corrected chi connectivity index (χ1v) is 7.08. The van der Waals surface area contributed by atoms with Crippen molar-refractivity contribution >= 4 is 11.6 Å². The smallest absolute Gasteiger partial charge is 0.158 e. The number of piperidine rings is 1. The molecule has 0 radical (unpaired) electrons. The van der Waals surface area contributed by atoms with E-state index >= 15 is 0 Å². The summed E-state index contributed by atoms with van der Waals surface area (Å²) < 4.78 is 5.15. The molecule has 0 aromatic carbocycles. The maximum Gasteiger partial charge on any atom is 0.158 e. The molecule has 1 aliphatic heterocycles. The van der Waals surface area contributed by atoms with E-state index in [9.17, 15) is 0 Å². The van der Waals surface area contributed by atoms with Crippen LogP contribution in [0, 0.1) is 5.92 Å². The average Bonchev–Trinajstić information content (AvgIpc) is 2.39. The molecule has 1 unspecified atom stereocenters. The minimum Gasteiger partial charge on any atom is -0.377 e. The second-order valence-electron chi connectivity index (χ2n) is 5.18. The van der Waals surface area contributed by atoms with Crippen LogP contribution >= 0.6 is 0 Å². The Balaban J connectivity index is 2.21. The highest BCUT2D eigenvalue weighted by Gasteiger charge is 2.18. The van der Waals surface area contributed by atoms with Crippen molar-refractivity contribution in [3.05, 3.63) is 11.9 Å². The van der Waals surface area contributed by atoms with Gasteiger partial charge in [-0.15, -0.1) is 0 Å². The van der Waals surface area contributed by atoms with Crippen LogP contribution in [0.2, 0.25) is 0 Å². The number of nitrogens with zero attached hydrogens (tertiary/aromatic N) is 3. The molecular formula is C14H24N4O. The van der Waals surface area contributed by atoms with Crippen molar-refractivity contribution in [2.45, 2.75) is 33.3 Å². The average molecular weight is 264 g/mol. The van der Waals surface area contributed by atoms with Gasteiger partial charge in [-0.05, 0) is 25.7 Å². The quantitative estimate of drug-likeness (QED) is 0.884. The van der Waals surface area contributed by atoms with Gasteiger partial charge in [0.25, 0.3) is 0 Å². The standard InChI is InChI=1S/C14H24N4O/c1-4-15-12-8-14(17-13(16-12)10-19-3)18-7-5-6-11(2)9-18/h8,11H,4-7,9-10H2,1-3H3,(H,15,16,17). The molecule has 106 valence electrons. The van der Waals surface area contributed by atoms with Crippen LogP contribution < -0.4 is 10.2 Å². The van der Waals surface area contributed by atoms with E-state index in [0.29, 0.717) is 6.61 Å². The van der Waals surface area contributed by atoms with Gasteiger partial charge in [-0.3, -0.25) is 0 Å². The van der Waals surface area contributed by atoms with Crippen molar-refractivity contribution in [3.8, 4) is 0 Å². The Morgan fingerprint density at radius 3 is 3.00 bits per heavy atom. The Kier molecular flexibility index (Phi) is 4.96. The fourth-order valence-electron chi connectivity index (χ4n) is 2.51. The molecule has 2 heterocycles. The zero-order valence-electron chi connectivity index (χ0n) is 12.1. The molecule has 1 atom stereocenters. The molecule has 1 N–H and O–H groups in total. The Hall–Kier alpha value is -1.36. The van der Waals surface area contributed by atoms with E-state index in [1.165, 1.54) is 12.8 Å². The molecule has 5 nitrogen and oxygen atoms in total. The van der Waals surface area contributed by atoms with Crippen LogP contribution in [0.3, 0.4) is 0 Å². The minimum atomic E-state index is 0.454. The van der Waals surface area contributed by atoms with E-state index in [0.717, 1.165) is 43.0 Å². The fraction of sp³-hybridized carbons (Fsp3) is 0.714. The van der Waals surface area contributed by atoms with Crippen molar-refractivity contribution in [1.82, 2.24) is 9.97 Å². The summed E-state index contributed by atoms with van der Waals surface area (Å²) in [6.45, 7) is 7.85. The Morgan fingerprint density at radius 1 is 1.47 bits per heavy atom. The summed E-state index contributed by atoms with van der Waals surface area (Å²) in [6.07, 6.45) is 2.55. The monoisotopic (exact) mass is 264 g/mol. The molecule has 1 aromatic rings. The number of hydrogen-bond acceptors (Lipinski definition) is 5. The number of rotatable bonds is 5. The van der Waals surface area contributed by atoms with Crippen molar-refractivity contribution < 1.29 is 4.74 Å². The van der Waals surface area contributed by atoms with Gasteiger partial charge in [-0.1, -0.05) is 6.92 Å². The van der Waals surface area contributed by atoms with Crippen LogP contribution in [0.25, 0.3) is 0 Å². The van der Waals surface area contributed by atoms with Crippen molar-refractivity contribution in [2.24, 2.45) is 5.92 Å². The van der Waals surface area contributed by atoms with Gasteiger partial charge >= 0.3 is 0 Å². The first-order chi connectivity index (χ1) is 9.22. The third-order valence-electron chi connectivity index (χ3n) is 3.37. The van der Waals surface area contributed by atoms with Crippen molar-refractivity contribution in [2.75, 3.05) is 37.0 Å². The van der Waals surface area contributed by atoms with E-state index in [1.54, 1.807) is 7.11 Å². The van der Waals surface area contributed by atoms with E-state index in [-0.39, 0.29) is 0 Å². The summed E-state index contributed by atoms with van der Waals surface area (Å²) >= 11 is 0. The molecule has 0 aliphatic carbocycles. The van der Waals surface area contributed by atoms with Gasteiger partial charge in [0.1, 0.15) is 18.2 Å². The molecule has 1 fully saturated rings. The van der Waals surface area contributed by atoms with Gasteiger partial charge in [0, 0.05) is 32.8 Å². The SMILES string of the molecule is CCNc1cc(N2CCCC(C)C2)nc(COC)n1. The molecule has 19 heavy (non-hydrogen) atoms. The molecule has 1 aliphatic rings. The summed E-state index contributed by atoms with van der Waals surface area (Å²) in [5.41, 5.74) is 0. The van der Waals surface area contributed by atoms with Crippen LogP contribution in [-0.2, 0) is 11.3 Å². The van der Waals surface area contributed by atoms with Crippen LogP contribution in [0.15, 0.2) is 6.07 Å². The van der Waals surface area contributed by atoms with Crippen LogP contribution in [0.5, 0.6) is 0 Å². The van der Waals surface area contributed by atoms with E-state index in [1.807, 2.05) is 6.07 Å². The summed E-state index contributed by atoms with van der Waals surface area (Å²) in [4.78, 5) is 11.4. The van der Waals surface area contributed by atoms with Crippen LogP contribution in [0.1, 0.15) is 32.5 Å². The summed E-state index contributed by atoms with van der Waals surface area (Å²) in [7, 11) is 1.67. The maximum absolute atomic E-state index is 5.15. The first-order valence-electron chi connectivity index (χ1n) is 7.08. The molecule has 5 heteroatoms. The summed E-state index contributed by atoms with van der Waals surface area (Å²) in [5.74, 6) is 3.38. The van der Waals surface area contributed by atoms with Gasteiger partial charge < -0.3 is 15.0 Å². The Labute approximate surface area is 115 Å². The molecule has 0 saturated carbocycles. The van der Waals surface area contributed by atoms with Crippen molar-refractivity contribution in [3.63, 3.8) is 0 Å². The second-order valence-corrected chi connectivity index (χ2v) is 5.18. The van der Waals surface area contributed by atoms with Gasteiger partial charge in [0.2, 0.25) is 0 Å². The third-order valence-corrected chi connectivity index (χ3v) is 3.37. The van der Waals surface area contributed by atoms with Gasteiger partial charge in [0.15, 0.2) is 5.82 Å². The highest BCUT2D eigenvalue weighted by atomic mass is 16.5. The molecule has 0 amide bonds. The topological polar surface area (TPSA) is 50.3 Å². The second kappa shape index (κ2) is 6.70. The van der Waals surface area contributed by atoms with Crippen LogP contribution in [-0.4, -0.2) is 36.7 Å². The molecule has 0 bridgehead atoms. The highest BCUT2D eigenvalue weighted by Crippen LogP contribution is 2.23. The number of hydrogen-bond donors (Lipinski definition) is 1. The number of aromatic nitrogens is 2. The number of ether oxygens (including phenoxy) is 1. The molecular weight excluding hydrogens is 240 g/mol. The molecule has 0 spiro atoms. The Morgan fingerprint density at radius 2 is 2.32 bits per heavy atom. The number of anilines is 2. The largest absolute Gasteiger partial charge is 0.377 e. The summed E-state index contributed by atoms with van der Waals surface area (Å²) in [6, 6.07) is 2.04. The molecule has 2 rings (SSSR count). The lowest BCUT2D eigenvalue weighted by Gasteiger charge is -2.32.